The third-order valence-corrected chi connectivity index (χ3v) is 3.43. The van der Waals surface area contributed by atoms with Gasteiger partial charge in [0.1, 0.15) is 11.3 Å². The van der Waals surface area contributed by atoms with Crippen molar-refractivity contribution >= 4 is 17.0 Å². The highest BCUT2D eigenvalue weighted by molar-refractivity contribution is 5.84. The Kier molecular flexibility index (Phi) is 3.77. The Hall–Kier alpha value is -2.50. The molecule has 0 saturated carbocycles. The fraction of sp³-hybridized carbons (Fsp3) is 0.333. The van der Waals surface area contributed by atoms with Crippen molar-refractivity contribution in [3.63, 3.8) is 0 Å². The molecule has 0 amide bonds. The van der Waals surface area contributed by atoms with Crippen LogP contribution in [0.15, 0.2) is 36.9 Å². The SMILES string of the molecule is CCOc1cccc2c1nc(N)n2CCCn1ccnc1. The van der Waals surface area contributed by atoms with Crippen LogP contribution in [-0.2, 0) is 13.1 Å². The van der Waals surface area contributed by atoms with Gasteiger partial charge in [0.2, 0.25) is 5.95 Å². The summed E-state index contributed by atoms with van der Waals surface area (Å²) in [6.45, 7) is 4.30. The summed E-state index contributed by atoms with van der Waals surface area (Å²) in [5, 5.41) is 0. The van der Waals surface area contributed by atoms with E-state index in [1.807, 2.05) is 42.2 Å². The second-order valence-electron chi connectivity index (χ2n) is 4.83. The van der Waals surface area contributed by atoms with Gasteiger partial charge < -0.3 is 19.6 Å². The van der Waals surface area contributed by atoms with Crippen molar-refractivity contribution in [1.82, 2.24) is 19.1 Å². The summed E-state index contributed by atoms with van der Waals surface area (Å²) >= 11 is 0. The molecule has 6 nitrogen and oxygen atoms in total. The van der Waals surface area contributed by atoms with E-state index in [0.717, 1.165) is 36.3 Å². The molecule has 0 saturated heterocycles. The first-order valence-electron chi connectivity index (χ1n) is 7.13. The average molecular weight is 285 g/mol. The molecule has 0 bridgehead atoms. The molecule has 21 heavy (non-hydrogen) atoms. The number of aryl methyl sites for hydroxylation is 2. The lowest BCUT2D eigenvalue weighted by Gasteiger charge is -2.08. The molecule has 110 valence electrons. The minimum absolute atomic E-state index is 0.530. The van der Waals surface area contributed by atoms with Gasteiger partial charge in [0.15, 0.2) is 0 Å². The number of benzene rings is 1. The van der Waals surface area contributed by atoms with Gasteiger partial charge in [-0.25, -0.2) is 9.97 Å². The summed E-state index contributed by atoms with van der Waals surface area (Å²) in [5.74, 6) is 1.32. The van der Waals surface area contributed by atoms with Crippen LogP contribution in [-0.4, -0.2) is 25.7 Å². The molecule has 3 aromatic rings. The minimum atomic E-state index is 0.530. The highest BCUT2D eigenvalue weighted by atomic mass is 16.5. The highest BCUT2D eigenvalue weighted by Crippen LogP contribution is 2.27. The number of nitrogen functional groups attached to an aromatic ring is 1. The summed E-state index contributed by atoms with van der Waals surface area (Å²) in [6, 6.07) is 5.92. The van der Waals surface area contributed by atoms with E-state index < -0.39 is 0 Å². The van der Waals surface area contributed by atoms with Crippen LogP contribution in [0.1, 0.15) is 13.3 Å². The van der Waals surface area contributed by atoms with Gasteiger partial charge in [-0.2, -0.15) is 0 Å². The quantitative estimate of drug-likeness (QED) is 0.754. The maximum absolute atomic E-state index is 6.05. The number of para-hydroxylation sites is 1. The molecule has 0 atom stereocenters. The highest BCUT2D eigenvalue weighted by Gasteiger charge is 2.11. The second kappa shape index (κ2) is 5.87. The lowest BCUT2D eigenvalue weighted by molar-refractivity contribution is 0.343. The molecule has 0 aliphatic heterocycles. The summed E-state index contributed by atoms with van der Waals surface area (Å²) in [4.78, 5) is 8.48. The zero-order valence-electron chi connectivity index (χ0n) is 12.1. The van der Waals surface area contributed by atoms with Gasteiger partial charge in [0.25, 0.3) is 0 Å². The molecule has 0 unspecified atom stereocenters. The van der Waals surface area contributed by atoms with Crippen LogP contribution in [0.5, 0.6) is 5.75 Å². The standard InChI is InChI=1S/C15H19N5O/c1-2-21-13-6-3-5-12-14(13)18-15(16)20(12)9-4-8-19-10-7-17-11-19/h3,5-7,10-11H,2,4,8-9H2,1H3,(H2,16,18). The third kappa shape index (κ3) is 2.69. The molecule has 0 radical (unpaired) electrons. The normalized spacial score (nSPS) is 11.1. The summed E-state index contributed by atoms with van der Waals surface area (Å²) in [6.07, 6.45) is 6.53. The van der Waals surface area contributed by atoms with Gasteiger partial charge in [0.05, 0.1) is 18.5 Å². The monoisotopic (exact) mass is 285 g/mol. The van der Waals surface area contributed by atoms with E-state index in [1.165, 1.54) is 0 Å². The molecule has 2 heterocycles. The number of hydrogen-bond acceptors (Lipinski definition) is 4. The predicted octanol–water partition coefficient (Wildman–Crippen LogP) is 2.30. The molecule has 2 N–H and O–H groups in total. The van der Waals surface area contributed by atoms with Gasteiger partial charge in [0, 0.05) is 25.5 Å². The maximum atomic E-state index is 6.05. The fourth-order valence-corrected chi connectivity index (χ4v) is 2.48. The Morgan fingerprint density at radius 2 is 2.19 bits per heavy atom. The number of anilines is 1. The first-order valence-corrected chi connectivity index (χ1v) is 7.13. The van der Waals surface area contributed by atoms with E-state index in [9.17, 15) is 0 Å². The third-order valence-electron chi connectivity index (χ3n) is 3.43. The molecule has 6 heteroatoms. The van der Waals surface area contributed by atoms with Crippen LogP contribution in [0, 0.1) is 0 Å². The predicted molar refractivity (Wildman–Crippen MR) is 82.2 cm³/mol. The number of imidazole rings is 2. The van der Waals surface area contributed by atoms with Crippen molar-refractivity contribution < 1.29 is 4.74 Å². The largest absolute Gasteiger partial charge is 0.492 e. The number of ether oxygens (including phenoxy) is 1. The van der Waals surface area contributed by atoms with Gasteiger partial charge in [-0.05, 0) is 25.5 Å². The molecule has 3 rings (SSSR count). The van der Waals surface area contributed by atoms with Crippen LogP contribution in [0.3, 0.4) is 0 Å². The average Bonchev–Trinajstić information content (AvgIpc) is 3.09. The van der Waals surface area contributed by atoms with Crippen LogP contribution in [0.25, 0.3) is 11.0 Å². The molecular formula is C15H19N5O. The maximum Gasteiger partial charge on any atom is 0.201 e. The Labute approximate surface area is 123 Å². The van der Waals surface area contributed by atoms with Crippen molar-refractivity contribution in [2.45, 2.75) is 26.4 Å². The van der Waals surface area contributed by atoms with Crippen LogP contribution in [0.2, 0.25) is 0 Å². The molecule has 1 aromatic carbocycles. The van der Waals surface area contributed by atoms with Crippen molar-refractivity contribution in [1.29, 1.82) is 0 Å². The Bertz CT molecular complexity index is 717. The lowest BCUT2D eigenvalue weighted by Crippen LogP contribution is -2.06. The summed E-state index contributed by atoms with van der Waals surface area (Å²) < 4.78 is 9.70. The van der Waals surface area contributed by atoms with Crippen LogP contribution >= 0.6 is 0 Å². The van der Waals surface area contributed by atoms with Gasteiger partial charge >= 0.3 is 0 Å². The lowest BCUT2D eigenvalue weighted by atomic mass is 10.3. The van der Waals surface area contributed by atoms with Crippen LogP contribution < -0.4 is 10.5 Å². The number of fused-ring (bicyclic) bond motifs is 1. The summed E-state index contributed by atoms with van der Waals surface area (Å²) in [7, 11) is 0. The molecule has 0 spiro atoms. The fourth-order valence-electron chi connectivity index (χ4n) is 2.48. The summed E-state index contributed by atoms with van der Waals surface area (Å²) in [5.41, 5.74) is 7.91. The van der Waals surface area contributed by atoms with Crippen molar-refractivity contribution in [3.8, 4) is 5.75 Å². The van der Waals surface area contributed by atoms with Crippen molar-refractivity contribution in [3.05, 3.63) is 36.9 Å². The van der Waals surface area contributed by atoms with Gasteiger partial charge in [-0.15, -0.1) is 0 Å². The van der Waals surface area contributed by atoms with E-state index in [1.54, 1.807) is 6.20 Å². The molecule has 0 fully saturated rings. The van der Waals surface area contributed by atoms with Crippen LogP contribution in [0.4, 0.5) is 5.95 Å². The van der Waals surface area contributed by atoms with Crippen molar-refractivity contribution in [2.24, 2.45) is 0 Å². The smallest absolute Gasteiger partial charge is 0.201 e. The van der Waals surface area contributed by atoms with Crippen molar-refractivity contribution in [2.75, 3.05) is 12.3 Å². The van der Waals surface area contributed by atoms with E-state index in [0.29, 0.717) is 12.6 Å². The number of aromatic nitrogens is 4. The zero-order valence-corrected chi connectivity index (χ0v) is 12.1. The van der Waals surface area contributed by atoms with Gasteiger partial charge in [-0.1, -0.05) is 6.07 Å². The Morgan fingerprint density at radius 1 is 1.29 bits per heavy atom. The number of nitrogens with two attached hydrogens (primary N) is 1. The first-order chi connectivity index (χ1) is 10.3. The topological polar surface area (TPSA) is 70.9 Å². The Morgan fingerprint density at radius 3 is 2.95 bits per heavy atom. The second-order valence-corrected chi connectivity index (χ2v) is 4.83. The molecule has 2 aromatic heterocycles. The molecule has 0 aliphatic carbocycles. The van der Waals surface area contributed by atoms with E-state index >= 15 is 0 Å². The zero-order chi connectivity index (χ0) is 14.7. The minimum Gasteiger partial charge on any atom is -0.492 e. The van der Waals surface area contributed by atoms with E-state index in [2.05, 4.69) is 14.5 Å². The van der Waals surface area contributed by atoms with E-state index in [4.69, 9.17) is 10.5 Å². The number of rotatable bonds is 6. The first kappa shape index (κ1) is 13.5. The molecular weight excluding hydrogens is 266 g/mol. The Balaban J connectivity index is 1.81. The van der Waals surface area contributed by atoms with Gasteiger partial charge in [-0.3, -0.25) is 0 Å². The number of nitrogens with zero attached hydrogens (tertiary/aromatic N) is 4. The number of hydrogen-bond donors (Lipinski definition) is 1. The molecule has 0 aliphatic rings. The van der Waals surface area contributed by atoms with E-state index in [-0.39, 0.29) is 0 Å².